The second-order valence-electron chi connectivity index (χ2n) is 5.61. The molecule has 0 saturated carbocycles. The highest BCUT2D eigenvalue weighted by atomic mass is 79.9. The number of carbonyl (C=O) groups is 1. The van der Waals surface area contributed by atoms with Gasteiger partial charge in [-0.25, -0.2) is 4.79 Å². The number of methoxy groups -OCH3 is 1. The summed E-state index contributed by atoms with van der Waals surface area (Å²) in [6.45, 7) is 0.391. The number of carboxylic acid groups (broad SMARTS) is 1. The van der Waals surface area contributed by atoms with Gasteiger partial charge in [-0.15, -0.1) is 0 Å². The first-order valence-corrected chi connectivity index (χ1v) is 9.51. The zero-order valence-electron chi connectivity index (χ0n) is 14.3. The Bertz CT molecular complexity index is 977. The third-order valence-electron chi connectivity index (χ3n) is 3.89. The maximum absolute atomic E-state index is 11.6. The van der Waals surface area contributed by atoms with E-state index in [1.54, 1.807) is 25.4 Å². The molecule has 0 aliphatic rings. The molecule has 0 saturated heterocycles. The van der Waals surface area contributed by atoms with Crippen molar-refractivity contribution in [2.75, 3.05) is 7.11 Å². The molecule has 0 atom stereocenters. The number of ether oxygens (including phenoxy) is 2. The number of pyridine rings is 1. The first kappa shape index (κ1) is 19.4. The number of halogens is 2. The van der Waals surface area contributed by atoms with Crippen LogP contribution in [0.2, 0.25) is 0 Å². The smallest absolute Gasteiger partial charge is 0.337 e. The number of benzene rings is 2. The van der Waals surface area contributed by atoms with Crippen molar-refractivity contribution in [1.82, 2.24) is 4.98 Å². The normalized spacial score (nSPS) is 10.5. The summed E-state index contributed by atoms with van der Waals surface area (Å²) in [5.74, 6) is -0.00251. The first-order chi connectivity index (χ1) is 13.0. The van der Waals surface area contributed by atoms with Gasteiger partial charge in [-0.2, -0.15) is 0 Å². The van der Waals surface area contributed by atoms with Crippen LogP contribution >= 0.6 is 31.9 Å². The van der Waals surface area contributed by atoms with E-state index in [0.717, 1.165) is 5.56 Å². The fourth-order valence-corrected chi connectivity index (χ4v) is 3.67. The summed E-state index contributed by atoms with van der Waals surface area (Å²) in [5, 5.41) is 9.50. The van der Waals surface area contributed by atoms with Crippen molar-refractivity contribution < 1.29 is 19.4 Å². The second kappa shape index (κ2) is 8.54. The zero-order chi connectivity index (χ0) is 19.4. The molecule has 0 spiro atoms. The van der Waals surface area contributed by atoms with Crippen LogP contribution in [-0.2, 0) is 6.61 Å². The summed E-state index contributed by atoms with van der Waals surface area (Å²) in [4.78, 5) is 15.6. The molecule has 0 radical (unpaired) electrons. The molecule has 0 bridgehead atoms. The monoisotopic (exact) mass is 491 g/mol. The lowest BCUT2D eigenvalue weighted by molar-refractivity contribution is 0.0697. The highest BCUT2D eigenvalue weighted by molar-refractivity contribution is 9.11. The second-order valence-corrected chi connectivity index (χ2v) is 7.31. The summed E-state index contributed by atoms with van der Waals surface area (Å²) in [7, 11) is 1.54. The van der Waals surface area contributed by atoms with Crippen molar-refractivity contribution in [2.24, 2.45) is 0 Å². The molecule has 5 nitrogen and oxygen atoms in total. The van der Waals surface area contributed by atoms with E-state index < -0.39 is 5.97 Å². The maximum Gasteiger partial charge on any atom is 0.337 e. The maximum atomic E-state index is 11.6. The van der Waals surface area contributed by atoms with E-state index >= 15 is 0 Å². The summed E-state index contributed by atoms with van der Waals surface area (Å²) >= 11 is 6.92. The zero-order valence-corrected chi connectivity index (χ0v) is 17.5. The highest BCUT2D eigenvalue weighted by Gasteiger charge is 2.20. The quantitative estimate of drug-likeness (QED) is 0.487. The van der Waals surface area contributed by atoms with Crippen molar-refractivity contribution in [1.29, 1.82) is 0 Å². The SMILES string of the molecule is COc1cc(-c2c(Br)cncc2C(=O)O)c(Br)cc1OCc1ccccc1. The van der Waals surface area contributed by atoms with Crippen LogP contribution in [0, 0.1) is 0 Å². The average Bonchev–Trinajstić information content (AvgIpc) is 2.67. The van der Waals surface area contributed by atoms with Crippen LogP contribution in [0.4, 0.5) is 0 Å². The molecule has 1 N–H and O–H groups in total. The van der Waals surface area contributed by atoms with Crippen LogP contribution in [0.25, 0.3) is 11.1 Å². The Labute approximate surface area is 173 Å². The molecular weight excluding hydrogens is 478 g/mol. The molecule has 0 fully saturated rings. The van der Waals surface area contributed by atoms with Crippen LogP contribution in [0.3, 0.4) is 0 Å². The van der Waals surface area contributed by atoms with E-state index in [2.05, 4.69) is 36.8 Å². The lowest BCUT2D eigenvalue weighted by Crippen LogP contribution is -2.03. The summed E-state index contributed by atoms with van der Waals surface area (Å²) in [6.07, 6.45) is 2.88. The predicted octanol–water partition coefficient (Wildman–Crippen LogP) is 5.56. The van der Waals surface area contributed by atoms with E-state index in [4.69, 9.17) is 9.47 Å². The van der Waals surface area contributed by atoms with E-state index in [9.17, 15) is 9.90 Å². The molecule has 2 aromatic carbocycles. The topological polar surface area (TPSA) is 68.7 Å². The molecule has 27 heavy (non-hydrogen) atoms. The van der Waals surface area contributed by atoms with Gasteiger partial charge in [0.1, 0.15) is 6.61 Å². The van der Waals surface area contributed by atoms with Gasteiger partial charge in [0.25, 0.3) is 0 Å². The standard InChI is InChI=1S/C20H15Br2NO4/c1-26-17-7-13(19-14(20(24)25)9-23-10-16(19)22)15(21)8-18(17)27-11-12-5-3-2-4-6-12/h2-10H,11H2,1H3,(H,24,25). The first-order valence-electron chi connectivity index (χ1n) is 7.92. The van der Waals surface area contributed by atoms with E-state index in [-0.39, 0.29) is 5.56 Å². The number of hydrogen-bond donors (Lipinski definition) is 1. The Hall–Kier alpha value is -2.38. The Morgan fingerprint density at radius 3 is 2.48 bits per heavy atom. The highest BCUT2D eigenvalue weighted by Crippen LogP contribution is 2.42. The number of hydrogen-bond acceptors (Lipinski definition) is 4. The minimum Gasteiger partial charge on any atom is -0.493 e. The number of aromatic nitrogens is 1. The van der Waals surface area contributed by atoms with Crippen molar-refractivity contribution in [3.05, 3.63) is 74.9 Å². The predicted molar refractivity (Wildman–Crippen MR) is 109 cm³/mol. The summed E-state index contributed by atoms with van der Waals surface area (Å²) in [5.41, 5.74) is 2.29. The fourth-order valence-electron chi connectivity index (χ4n) is 2.61. The molecule has 3 rings (SSSR count). The minimum absolute atomic E-state index is 0.0880. The van der Waals surface area contributed by atoms with Gasteiger partial charge in [0.15, 0.2) is 11.5 Å². The molecule has 0 aliphatic heterocycles. The van der Waals surface area contributed by atoms with Gasteiger partial charge in [-0.1, -0.05) is 46.3 Å². The van der Waals surface area contributed by atoms with Crippen molar-refractivity contribution in [3.63, 3.8) is 0 Å². The van der Waals surface area contributed by atoms with Gasteiger partial charge >= 0.3 is 5.97 Å². The molecule has 7 heteroatoms. The Kier molecular flexibility index (Phi) is 6.13. The van der Waals surface area contributed by atoms with Crippen molar-refractivity contribution >= 4 is 37.8 Å². The van der Waals surface area contributed by atoms with Gasteiger partial charge in [-0.05, 0) is 33.6 Å². The van der Waals surface area contributed by atoms with Crippen LogP contribution in [0.15, 0.2) is 63.8 Å². The van der Waals surface area contributed by atoms with Gasteiger partial charge in [0.05, 0.1) is 12.7 Å². The van der Waals surface area contributed by atoms with E-state index in [0.29, 0.717) is 38.2 Å². The molecule has 0 unspecified atom stereocenters. The van der Waals surface area contributed by atoms with Crippen molar-refractivity contribution in [2.45, 2.75) is 6.61 Å². The van der Waals surface area contributed by atoms with Gasteiger partial charge < -0.3 is 14.6 Å². The van der Waals surface area contributed by atoms with Crippen molar-refractivity contribution in [3.8, 4) is 22.6 Å². The fraction of sp³-hybridized carbons (Fsp3) is 0.100. The molecule has 0 aliphatic carbocycles. The largest absolute Gasteiger partial charge is 0.493 e. The van der Waals surface area contributed by atoms with Gasteiger partial charge in [-0.3, -0.25) is 4.98 Å². The third kappa shape index (κ3) is 4.31. The number of carboxylic acids is 1. The third-order valence-corrected chi connectivity index (χ3v) is 5.15. The lowest BCUT2D eigenvalue weighted by Gasteiger charge is -2.16. The van der Waals surface area contributed by atoms with Crippen LogP contribution in [0.5, 0.6) is 11.5 Å². The molecule has 1 heterocycles. The number of aromatic carboxylic acids is 1. The summed E-state index contributed by atoms with van der Waals surface area (Å²) < 4.78 is 12.6. The molecule has 1 aromatic heterocycles. The number of rotatable bonds is 6. The molecule has 3 aromatic rings. The Balaban J connectivity index is 2.02. The molecule has 138 valence electrons. The van der Waals surface area contributed by atoms with Gasteiger partial charge in [0, 0.05) is 32.5 Å². The number of nitrogens with zero attached hydrogens (tertiary/aromatic N) is 1. The summed E-state index contributed by atoms with van der Waals surface area (Å²) in [6, 6.07) is 13.3. The Morgan fingerprint density at radius 1 is 1.07 bits per heavy atom. The molecular formula is C20H15Br2NO4. The Morgan fingerprint density at radius 2 is 1.81 bits per heavy atom. The van der Waals surface area contributed by atoms with Crippen LogP contribution in [-0.4, -0.2) is 23.2 Å². The van der Waals surface area contributed by atoms with Crippen LogP contribution in [0.1, 0.15) is 15.9 Å². The van der Waals surface area contributed by atoms with Crippen LogP contribution < -0.4 is 9.47 Å². The van der Waals surface area contributed by atoms with E-state index in [1.165, 1.54) is 6.20 Å². The lowest BCUT2D eigenvalue weighted by atomic mass is 10.0. The van der Waals surface area contributed by atoms with E-state index in [1.807, 2.05) is 30.3 Å². The van der Waals surface area contributed by atoms with Gasteiger partial charge in [0.2, 0.25) is 0 Å². The minimum atomic E-state index is -1.06. The molecule has 0 amide bonds. The average molecular weight is 493 g/mol.